The quantitative estimate of drug-likeness (QED) is 0.534. The summed E-state index contributed by atoms with van der Waals surface area (Å²) < 4.78 is 5.40. The van der Waals surface area contributed by atoms with E-state index >= 15 is 0 Å². The van der Waals surface area contributed by atoms with Gasteiger partial charge in [0, 0.05) is 10.9 Å². The first-order chi connectivity index (χ1) is 5.79. The van der Waals surface area contributed by atoms with Crippen molar-refractivity contribution in [3.05, 3.63) is 35.6 Å². The Hall–Kier alpha value is -1.68. The van der Waals surface area contributed by atoms with Gasteiger partial charge < -0.3 is 4.42 Å². The van der Waals surface area contributed by atoms with Gasteiger partial charge in [-0.25, -0.2) is 0 Å². The maximum Gasteiger partial charge on any atom is 0.134 e. The first-order valence-electron chi connectivity index (χ1n) is 3.76. The summed E-state index contributed by atoms with van der Waals surface area (Å²) in [5.41, 5.74) is 1.79. The molecule has 1 aromatic carbocycles. The van der Waals surface area contributed by atoms with Gasteiger partial charge >= 0.3 is 0 Å². The van der Waals surface area contributed by atoms with Gasteiger partial charge in [-0.15, -0.1) is 6.42 Å². The van der Waals surface area contributed by atoms with E-state index in [-0.39, 0.29) is 0 Å². The zero-order valence-electron chi connectivity index (χ0n) is 6.79. The van der Waals surface area contributed by atoms with E-state index < -0.39 is 0 Å². The maximum atomic E-state index is 5.40. The lowest BCUT2D eigenvalue weighted by Gasteiger charge is -1.88. The molecular formula is C11H8O. The molecule has 1 heteroatoms. The fraction of sp³-hybridized carbons (Fsp3) is 0.0909. The number of furan rings is 1. The molecule has 0 amide bonds. The largest absolute Gasteiger partial charge is 0.461 e. The Labute approximate surface area is 71.0 Å². The van der Waals surface area contributed by atoms with Crippen molar-refractivity contribution in [3.8, 4) is 12.3 Å². The number of terminal acetylenes is 1. The summed E-state index contributed by atoms with van der Waals surface area (Å²) >= 11 is 0. The van der Waals surface area contributed by atoms with Crippen LogP contribution in [0.2, 0.25) is 0 Å². The van der Waals surface area contributed by atoms with Gasteiger partial charge in [0.25, 0.3) is 0 Å². The van der Waals surface area contributed by atoms with Crippen molar-refractivity contribution in [3.63, 3.8) is 0 Å². The predicted molar refractivity (Wildman–Crippen MR) is 48.9 cm³/mol. The molecule has 0 spiro atoms. The number of hydrogen-bond donors (Lipinski definition) is 0. The van der Waals surface area contributed by atoms with Crippen molar-refractivity contribution in [2.75, 3.05) is 0 Å². The minimum atomic E-state index is 0.892. The van der Waals surface area contributed by atoms with Crippen molar-refractivity contribution in [2.24, 2.45) is 0 Å². The third kappa shape index (κ3) is 0.981. The molecular weight excluding hydrogens is 148 g/mol. The van der Waals surface area contributed by atoms with Crippen LogP contribution in [0, 0.1) is 19.3 Å². The van der Waals surface area contributed by atoms with Gasteiger partial charge in [-0.05, 0) is 31.2 Å². The Morgan fingerprint density at radius 2 is 2.17 bits per heavy atom. The van der Waals surface area contributed by atoms with Crippen LogP contribution in [0.5, 0.6) is 0 Å². The number of benzene rings is 1. The first-order valence-corrected chi connectivity index (χ1v) is 3.76. The zero-order valence-corrected chi connectivity index (χ0v) is 6.79. The molecule has 0 aliphatic heterocycles. The van der Waals surface area contributed by atoms with Crippen molar-refractivity contribution >= 4 is 11.0 Å². The lowest BCUT2D eigenvalue weighted by atomic mass is 10.2. The number of hydrogen-bond acceptors (Lipinski definition) is 1. The molecule has 2 aromatic rings. The zero-order chi connectivity index (χ0) is 8.55. The Kier molecular flexibility index (Phi) is 1.41. The van der Waals surface area contributed by atoms with E-state index in [2.05, 4.69) is 5.92 Å². The molecule has 0 fully saturated rings. The van der Waals surface area contributed by atoms with Crippen LogP contribution in [-0.4, -0.2) is 0 Å². The van der Waals surface area contributed by atoms with Crippen LogP contribution < -0.4 is 0 Å². The Morgan fingerprint density at radius 3 is 2.92 bits per heavy atom. The Bertz CT molecular complexity index is 457. The highest BCUT2D eigenvalue weighted by Gasteiger charge is 1.99. The molecule has 0 N–H and O–H groups in total. The van der Waals surface area contributed by atoms with Crippen LogP contribution in [0.15, 0.2) is 28.7 Å². The van der Waals surface area contributed by atoms with Crippen LogP contribution in [-0.2, 0) is 0 Å². The molecule has 0 unspecified atom stereocenters. The molecule has 0 atom stereocenters. The van der Waals surface area contributed by atoms with Gasteiger partial charge in [-0.1, -0.05) is 5.92 Å². The van der Waals surface area contributed by atoms with Crippen LogP contribution in [0.1, 0.15) is 11.3 Å². The Balaban J connectivity index is 2.77. The van der Waals surface area contributed by atoms with Gasteiger partial charge in [-0.2, -0.15) is 0 Å². The molecule has 0 aliphatic rings. The summed E-state index contributed by atoms with van der Waals surface area (Å²) in [5, 5.41) is 1.07. The van der Waals surface area contributed by atoms with Gasteiger partial charge in [0.15, 0.2) is 0 Å². The highest BCUT2D eigenvalue weighted by atomic mass is 16.3. The van der Waals surface area contributed by atoms with E-state index in [0.717, 1.165) is 22.3 Å². The highest BCUT2D eigenvalue weighted by molar-refractivity contribution is 5.79. The fourth-order valence-electron chi connectivity index (χ4n) is 1.27. The van der Waals surface area contributed by atoms with Crippen LogP contribution in [0.25, 0.3) is 11.0 Å². The molecule has 12 heavy (non-hydrogen) atoms. The topological polar surface area (TPSA) is 13.1 Å². The van der Waals surface area contributed by atoms with E-state index in [4.69, 9.17) is 10.8 Å². The molecule has 0 radical (unpaired) electrons. The fourth-order valence-corrected chi connectivity index (χ4v) is 1.27. The SMILES string of the molecule is C#Cc1ccc2oc(C)cc2c1. The third-order valence-electron chi connectivity index (χ3n) is 1.81. The standard InChI is InChI=1S/C11H8O/c1-3-9-4-5-11-10(7-9)6-8(2)12-11/h1,4-7H,2H3. The van der Waals surface area contributed by atoms with Crippen molar-refractivity contribution in [1.82, 2.24) is 0 Å². The molecule has 1 nitrogen and oxygen atoms in total. The van der Waals surface area contributed by atoms with Crippen molar-refractivity contribution in [2.45, 2.75) is 6.92 Å². The molecule has 1 aromatic heterocycles. The smallest absolute Gasteiger partial charge is 0.134 e. The highest BCUT2D eigenvalue weighted by Crippen LogP contribution is 2.19. The summed E-state index contributed by atoms with van der Waals surface area (Å²) in [7, 11) is 0. The van der Waals surface area contributed by atoms with Gasteiger partial charge in [0.05, 0.1) is 0 Å². The average Bonchev–Trinajstić information content (AvgIpc) is 2.43. The van der Waals surface area contributed by atoms with Crippen LogP contribution in [0.3, 0.4) is 0 Å². The van der Waals surface area contributed by atoms with Gasteiger partial charge in [-0.3, -0.25) is 0 Å². The molecule has 0 saturated carbocycles. The van der Waals surface area contributed by atoms with E-state index in [9.17, 15) is 0 Å². The number of aryl methyl sites for hydroxylation is 1. The second-order valence-electron chi connectivity index (χ2n) is 2.75. The molecule has 1 heterocycles. The summed E-state index contributed by atoms with van der Waals surface area (Å²) in [5.74, 6) is 3.50. The number of rotatable bonds is 0. The number of fused-ring (bicyclic) bond motifs is 1. The second kappa shape index (κ2) is 2.42. The predicted octanol–water partition coefficient (Wildman–Crippen LogP) is 2.72. The molecule has 0 saturated heterocycles. The van der Waals surface area contributed by atoms with Crippen molar-refractivity contribution in [1.29, 1.82) is 0 Å². The van der Waals surface area contributed by atoms with Crippen LogP contribution >= 0.6 is 0 Å². The van der Waals surface area contributed by atoms with Gasteiger partial charge in [0.2, 0.25) is 0 Å². The summed E-state index contributed by atoms with van der Waals surface area (Å²) in [6.45, 7) is 1.93. The average molecular weight is 156 g/mol. The molecule has 0 bridgehead atoms. The second-order valence-corrected chi connectivity index (χ2v) is 2.75. The summed E-state index contributed by atoms with van der Waals surface area (Å²) in [4.78, 5) is 0. The molecule has 58 valence electrons. The van der Waals surface area contributed by atoms with Crippen molar-refractivity contribution < 1.29 is 4.42 Å². The first kappa shape index (κ1) is 7.00. The molecule has 0 aliphatic carbocycles. The van der Waals surface area contributed by atoms with E-state index in [1.165, 1.54) is 0 Å². The maximum absolute atomic E-state index is 5.40. The lowest BCUT2D eigenvalue weighted by molar-refractivity contribution is 0.578. The van der Waals surface area contributed by atoms with E-state index in [1.807, 2.05) is 31.2 Å². The molecule has 2 rings (SSSR count). The lowest BCUT2D eigenvalue weighted by Crippen LogP contribution is -1.70. The summed E-state index contributed by atoms with van der Waals surface area (Å²) in [6, 6.07) is 7.71. The minimum Gasteiger partial charge on any atom is -0.461 e. The monoisotopic (exact) mass is 156 g/mol. The van der Waals surface area contributed by atoms with E-state index in [0.29, 0.717) is 0 Å². The van der Waals surface area contributed by atoms with Gasteiger partial charge in [0.1, 0.15) is 11.3 Å². The van der Waals surface area contributed by atoms with Crippen LogP contribution in [0.4, 0.5) is 0 Å². The third-order valence-corrected chi connectivity index (χ3v) is 1.81. The minimum absolute atomic E-state index is 0.892. The summed E-state index contributed by atoms with van der Waals surface area (Å²) in [6.07, 6.45) is 5.27. The Morgan fingerprint density at radius 1 is 1.33 bits per heavy atom. The van der Waals surface area contributed by atoms with E-state index in [1.54, 1.807) is 0 Å². The normalized spacial score (nSPS) is 10.0.